The number of allylic oxidation sites excluding steroid dienone is 1. The molecular formula is C8H15N. The Kier molecular flexibility index (Phi) is 2.78. The van der Waals surface area contributed by atoms with E-state index in [1.165, 1.54) is 19.4 Å². The first-order valence-electron chi connectivity index (χ1n) is 3.83. The molecule has 52 valence electrons. The number of hydrogen-bond donors (Lipinski definition) is 1. The van der Waals surface area contributed by atoms with Crippen molar-refractivity contribution < 1.29 is 0 Å². The molecule has 0 aromatic rings. The minimum atomic E-state index is 0.685. The molecule has 1 heteroatoms. The molecular weight excluding hydrogens is 110 g/mol. The molecule has 1 unspecified atom stereocenters. The molecule has 0 bridgehead atoms. The van der Waals surface area contributed by atoms with Crippen molar-refractivity contribution in [2.24, 2.45) is 0 Å². The van der Waals surface area contributed by atoms with Crippen molar-refractivity contribution in [2.75, 3.05) is 6.54 Å². The summed E-state index contributed by atoms with van der Waals surface area (Å²) in [4.78, 5) is 0. The summed E-state index contributed by atoms with van der Waals surface area (Å²) in [6.07, 6.45) is 8.36. The van der Waals surface area contributed by atoms with Gasteiger partial charge in [-0.15, -0.1) is 0 Å². The Balaban J connectivity index is 2.18. The van der Waals surface area contributed by atoms with Gasteiger partial charge in [-0.25, -0.2) is 0 Å². The molecule has 1 aliphatic heterocycles. The third-order valence-corrected chi connectivity index (χ3v) is 1.70. The van der Waals surface area contributed by atoms with E-state index >= 15 is 0 Å². The van der Waals surface area contributed by atoms with E-state index in [9.17, 15) is 0 Å². The lowest BCUT2D eigenvalue weighted by atomic mass is 10.2. The highest BCUT2D eigenvalue weighted by Gasteiger charge is 2.08. The number of rotatable bonds is 2. The summed E-state index contributed by atoms with van der Waals surface area (Å²) in [5.74, 6) is 0. The van der Waals surface area contributed by atoms with Crippen molar-refractivity contribution in [3.8, 4) is 0 Å². The quantitative estimate of drug-likeness (QED) is 0.554. The summed E-state index contributed by atoms with van der Waals surface area (Å²) in [7, 11) is 0. The summed E-state index contributed by atoms with van der Waals surface area (Å²) >= 11 is 0. The first-order chi connectivity index (χ1) is 4.43. The molecule has 1 heterocycles. The lowest BCUT2D eigenvalue weighted by molar-refractivity contribution is 0.725. The number of nitrogens with one attached hydrogen (secondary N) is 1. The number of hydrogen-bond acceptors (Lipinski definition) is 1. The summed E-state index contributed by atoms with van der Waals surface area (Å²) in [6, 6.07) is 0.685. The Morgan fingerprint density at radius 1 is 1.67 bits per heavy atom. The van der Waals surface area contributed by atoms with Gasteiger partial charge >= 0.3 is 0 Å². The van der Waals surface area contributed by atoms with Crippen molar-refractivity contribution in [1.82, 2.24) is 5.32 Å². The second-order valence-electron chi connectivity index (χ2n) is 2.54. The lowest BCUT2D eigenvalue weighted by Gasteiger charge is -2.00. The van der Waals surface area contributed by atoms with Crippen molar-refractivity contribution in [3.05, 3.63) is 12.2 Å². The smallest absolute Gasteiger partial charge is 0.0250 e. The summed E-state index contributed by atoms with van der Waals surface area (Å²) in [6.45, 7) is 3.38. The second-order valence-corrected chi connectivity index (χ2v) is 2.54. The van der Waals surface area contributed by atoms with E-state index in [-0.39, 0.29) is 0 Å². The molecule has 1 aliphatic rings. The van der Waals surface area contributed by atoms with Crippen LogP contribution in [0.3, 0.4) is 0 Å². The van der Waals surface area contributed by atoms with Crippen molar-refractivity contribution in [2.45, 2.75) is 32.2 Å². The molecule has 1 atom stereocenters. The standard InChI is InChI=1S/C8H15N/c1-2-3-5-8-6-4-7-9-8/h3,5,8-9H,2,4,6-7H2,1H3. The van der Waals surface area contributed by atoms with Crippen LogP contribution in [0.2, 0.25) is 0 Å². The van der Waals surface area contributed by atoms with Gasteiger partial charge in [0.1, 0.15) is 0 Å². The monoisotopic (exact) mass is 125 g/mol. The average molecular weight is 125 g/mol. The van der Waals surface area contributed by atoms with Gasteiger partial charge in [-0.1, -0.05) is 19.1 Å². The average Bonchev–Trinajstić information content (AvgIpc) is 2.34. The van der Waals surface area contributed by atoms with Gasteiger partial charge in [0.05, 0.1) is 0 Å². The highest BCUT2D eigenvalue weighted by atomic mass is 14.9. The third kappa shape index (κ3) is 2.19. The minimum absolute atomic E-state index is 0.685. The van der Waals surface area contributed by atoms with E-state index in [1.807, 2.05) is 0 Å². The SMILES string of the molecule is CCC=CC1CCCN1. The van der Waals surface area contributed by atoms with Gasteiger partial charge in [-0.3, -0.25) is 0 Å². The first kappa shape index (κ1) is 6.81. The predicted octanol–water partition coefficient (Wildman–Crippen LogP) is 1.70. The van der Waals surface area contributed by atoms with E-state index in [0.29, 0.717) is 6.04 Å². The second kappa shape index (κ2) is 3.67. The maximum atomic E-state index is 3.40. The maximum Gasteiger partial charge on any atom is 0.0250 e. The van der Waals surface area contributed by atoms with Crippen LogP contribution in [0.15, 0.2) is 12.2 Å². The molecule has 1 nitrogen and oxygen atoms in total. The topological polar surface area (TPSA) is 12.0 Å². The first-order valence-corrected chi connectivity index (χ1v) is 3.83. The van der Waals surface area contributed by atoms with Crippen molar-refractivity contribution in [1.29, 1.82) is 0 Å². The van der Waals surface area contributed by atoms with Crippen LogP contribution in [0.1, 0.15) is 26.2 Å². The molecule has 1 rings (SSSR count). The Hall–Kier alpha value is -0.300. The molecule has 1 saturated heterocycles. The molecule has 1 fully saturated rings. The Morgan fingerprint density at radius 2 is 2.56 bits per heavy atom. The van der Waals surface area contributed by atoms with Crippen LogP contribution in [0.4, 0.5) is 0 Å². The van der Waals surface area contributed by atoms with Gasteiger partial charge in [0.2, 0.25) is 0 Å². The van der Waals surface area contributed by atoms with Gasteiger partial charge in [0.15, 0.2) is 0 Å². The molecule has 0 aromatic carbocycles. The highest BCUT2D eigenvalue weighted by Crippen LogP contribution is 2.05. The van der Waals surface area contributed by atoms with E-state index < -0.39 is 0 Å². The van der Waals surface area contributed by atoms with Crippen molar-refractivity contribution in [3.63, 3.8) is 0 Å². The summed E-state index contributed by atoms with van der Waals surface area (Å²) < 4.78 is 0. The van der Waals surface area contributed by atoms with Crippen LogP contribution < -0.4 is 5.32 Å². The van der Waals surface area contributed by atoms with E-state index in [2.05, 4.69) is 24.4 Å². The maximum absolute atomic E-state index is 3.40. The fourth-order valence-electron chi connectivity index (χ4n) is 1.18. The third-order valence-electron chi connectivity index (χ3n) is 1.70. The zero-order valence-electron chi connectivity index (χ0n) is 6.06. The van der Waals surface area contributed by atoms with Crippen LogP contribution in [0.5, 0.6) is 0 Å². The molecule has 0 saturated carbocycles. The van der Waals surface area contributed by atoms with E-state index in [0.717, 1.165) is 6.42 Å². The minimum Gasteiger partial charge on any atom is -0.311 e. The molecule has 0 amide bonds. The van der Waals surface area contributed by atoms with Gasteiger partial charge in [-0.05, 0) is 25.8 Å². The normalized spacial score (nSPS) is 27.9. The van der Waals surface area contributed by atoms with Crippen LogP contribution in [0, 0.1) is 0 Å². The zero-order valence-corrected chi connectivity index (χ0v) is 6.06. The predicted molar refractivity (Wildman–Crippen MR) is 40.5 cm³/mol. The largest absolute Gasteiger partial charge is 0.311 e. The van der Waals surface area contributed by atoms with E-state index in [1.54, 1.807) is 0 Å². The fourth-order valence-corrected chi connectivity index (χ4v) is 1.18. The molecule has 0 aliphatic carbocycles. The molecule has 0 spiro atoms. The molecule has 0 aromatic heterocycles. The molecule has 1 N–H and O–H groups in total. The van der Waals surface area contributed by atoms with Crippen molar-refractivity contribution >= 4 is 0 Å². The summed E-state index contributed by atoms with van der Waals surface area (Å²) in [5, 5.41) is 3.40. The Bertz CT molecular complexity index is 90.7. The van der Waals surface area contributed by atoms with Crippen LogP contribution in [-0.2, 0) is 0 Å². The zero-order chi connectivity index (χ0) is 6.53. The fraction of sp³-hybridized carbons (Fsp3) is 0.750. The molecule has 9 heavy (non-hydrogen) atoms. The highest BCUT2D eigenvalue weighted by molar-refractivity contribution is 4.95. The van der Waals surface area contributed by atoms with Crippen LogP contribution in [-0.4, -0.2) is 12.6 Å². The Labute approximate surface area is 57.1 Å². The Morgan fingerprint density at radius 3 is 3.11 bits per heavy atom. The van der Waals surface area contributed by atoms with E-state index in [4.69, 9.17) is 0 Å². The van der Waals surface area contributed by atoms with Gasteiger partial charge in [0, 0.05) is 6.04 Å². The lowest BCUT2D eigenvalue weighted by Crippen LogP contribution is -2.17. The van der Waals surface area contributed by atoms with Gasteiger partial charge in [0.25, 0.3) is 0 Å². The van der Waals surface area contributed by atoms with Gasteiger partial charge in [-0.2, -0.15) is 0 Å². The van der Waals surface area contributed by atoms with Crippen LogP contribution >= 0.6 is 0 Å². The molecule has 0 radical (unpaired) electrons. The summed E-state index contributed by atoms with van der Waals surface area (Å²) in [5.41, 5.74) is 0. The van der Waals surface area contributed by atoms with Gasteiger partial charge < -0.3 is 5.32 Å². The van der Waals surface area contributed by atoms with Crippen LogP contribution in [0.25, 0.3) is 0 Å².